The molecule has 1 heterocycles. The van der Waals surface area contributed by atoms with Crippen molar-refractivity contribution in [1.82, 2.24) is 9.97 Å². The van der Waals surface area contributed by atoms with Crippen LogP contribution in [0.5, 0.6) is 0 Å². The Morgan fingerprint density at radius 2 is 2.00 bits per heavy atom. The Labute approximate surface area is 112 Å². The first-order valence-electron chi connectivity index (χ1n) is 6.51. The Morgan fingerprint density at radius 1 is 1.21 bits per heavy atom. The molecule has 0 fully saturated rings. The van der Waals surface area contributed by atoms with Gasteiger partial charge in [0, 0.05) is 24.7 Å². The summed E-state index contributed by atoms with van der Waals surface area (Å²) in [6.45, 7) is 4.89. The first-order valence-corrected chi connectivity index (χ1v) is 6.51. The quantitative estimate of drug-likeness (QED) is 0.895. The fraction of sp³-hybridized carbons (Fsp3) is 0.333. The van der Waals surface area contributed by atoms with Crippen molar-refractivity contribution in [3.05, 3.63) is 53.2 Å². The summed E-state index contributed by atoms with van der Waals surface area (Å²) in [5.41, 5.74) is 1.51. The lowest BCUT2D eigenvalue weighted by Gasteiger charge is -2.08. The van der Waals surface area contributed by atoms with Crippen LogP contribution in [0, 0.1) is 12.7 Å². The van der Waals surface area contributed by atoms with Gasteiger partial charge in [0.1, 0.15) is 17.5 Å². The van der Waals surface area contributed by atoms with Crippen LogP contribution in [0.3, 0.4) is 0 Å². The molecule has 0 aliphatic heterocycles. The van der Waals surface area contributed by atoms with Gasteiger partial charge in [-0.1, -0.05) is 25.1 Å². The molecule has 0 radical (unpaired) electrons. The maximum Gasteiger partial charge on any atom is 0.135 e. The smallest absolute Gasteiger partial charge is 0.135 e. The Bertz CT molecular complexity index is 555. The monoisotopic (exact) mass is 259 g/mol. The topological polar surface area (TPSA) is 37.8 Å². The first-order chi connectivity index (χ1) is 9.19. The van der Waals surface area contributed by atoms with Gasteiger partial charge < -0.3 is 5.32 Å². The van der Waals surface area contributed by atoms with Crippen molar-refractivity contribution in [3.63, 3.8) is 0 Å². The fourth-order valence-corrected chi connectivity index (χ4v) is 1.86. The first kappa shape index (κ1) is 13.5. The van der Waals surface area contributed by atoms with Gasteiger partial charge >= 0.3 is 0 Å². The molecule has 0 aliphatic carbocycles. The van der Waals surface area contributed by atoms with Crippen LogP contribution >= 0.6 is 0 Å². The van der Waals surface area contributed by atoms with Crippen molar-refractivity contribution in [2.24, 2.45) is 0 Å². The van der Waals surface area contributed by atoms with Gasteiger partial charge in [-0.05, 0) is 25.0 Å². The average molecular weight is 259 g/mol. The summed E-state index contributed by atoms with van der Waals surface area (Å²) < 4.78 is 13.6. The summed E-state index contributed by atoms with van der Waals surface area (Å²) in [5, 5.41) is 3.23. The van der Waals surface area contributed by atoms with Crippen molar-refractivity contribution in [3.8, 4) is 0 Å². The zero-order valence-electron chi connectivity index (χ0n) is 11.3. The maximum absolute atomic E-state index is 13.6. The minimum absolute atomic E-state index is 0.212. The lowest BCUT2D eigenvalue weighted by atomic mass is 10.1. The summed E-state index contributed by atoms with van der Waals surface area (Å²) in [7, 11) is 0. The van der Waals surface area contributed by atoms with E-state index >= 15 is 0 Å². The summed E-state index contributed by atoms with van der Waals surface area (Å²) in [4.78, 5) is 8.78. The van der Waals surface area contributed by atoms with Crippen molar-refractivity contribution in [2.75, 3.05) is 11.9 Å². The predicted molar refractivity (Wildman–Crippen MR) is 74.8 cm³/mol. The largest absolute Gasteiger partial charge is 0.370 e. The molecule has 0 aliphatic rings. The summed E-state index contributed by atoms with van der Waals surface area (Å²) in [6.07, 6.45) is 1.45. The molecule has 3 nitrogen and oxygen atoms in total. The van der Waals surface area contributed by atoms with Crippen LogP contribution in [0.15, 0.2) is 30.3 Å². The molecular formula is C15H18FN3. The van der Waals surface area contributed by atoms with Gasteiger partial charge in [0.05, 0.1) is 0 Å². The van der Waals surface area contributed by atoms with Gasteiger partial charge in [0.2, 0.25) is 0 Å². The van der Waals surface area contributed by atoms with Crippen molar-refractivity contribution < 1.29 is 4.39 Å². The Morgan fingerprint density at radius 3 is 2.74 bits per heavy atom. The molecule has 19 heavy (non-hydrogen) atoms. The third-order valence-corrected chi connectivity index (χ3v) is 2.76. The molecule has 4 heteroatoms. The number of nitrogens with zero attached hydrogens (tertiary/aromatic N) is 2. The van der Waals surface area contributed by atoms with Crippen molar-refractivity contribution in [1.29, 1.82) is 0 Å². The molecule has 0 atom stereocenters. The second-order valence-corrected chi connectivity index (χ2v) is 4.51. The molecule has 1 N–H and O–H groups in total. The van der Waals surface area contributed by atoms with E-state index in [2.05, 4.69) is 22.2 Å². The highest BCUT2D eigenvalue weighted by Gasteiger charge is 2.06. The van der Waals surface area contributed by atoms with Gasteiger partial charge in [0.15, 0.2) is 0 Å². The predicted octanol–water partition coefficient (Wildman–Crippen LogP) is 3.34. The van der Waals surface area contributed by atoms with Gasteiger partial charge in [0.25, 0.3) is 0 Å². The maximum atomic E-state index is 13.6. The second-order valence-electron chi connectivity index (χ2n) is 4.51. The van der Waals surface area contributed by atoms with E-state index in [0.29, 0.717) is 17.8 Å². The van der Waals surface area contributed by atoms with Crippen LogP contribution in [0.1, 0.15) is 30.4 Å². The number of nitrogens with one attached hydrogen (secondary N) is 1. The van der Waals surface area contributed by atoms with E-state index in [4.69, 9.17) is 0 Å². The van der Waals surface area contributed by atoms with Gasteiger partial charge in [-0.3, -0.25) is 0 Å². The Balaban J connectivity index is 2.20. The molecule has 1 aromatic heterocycles. The van der Waals surface area contributed by atoms with Crippen molar-refractivity contribution in [2.45, 2.75) is 26.7 Å². The van der Waals surface area contributed by atoms with E-state index in [1.807, 2.05) is 19.1 Å². The molecule has 0 unspecified atom stereocenters. The van der Waals surface area contributed by atoms with Crippen LogP contribution in [0.2, 0.25) is 0 Å². The van der Waals surface area contributed by atoms with Gasteiger partial charge in [-0.15, -0.1) is 0 Å². The van der Waals surface area contributed by atoms with E-state index in [9.17, 15) is 4.39 Å². The summed E-state index contributed by atoms with van der Waals surface area (Å²) >= 11 is 0. The lowest BCUT2D eigenvalue weighted by molar-refractivity contribution is 0.612. The minimum atomic E-state index is -0.212. The molecule has 100 valence electrons. The molecule has 1 aromatic carbocycles. The number of halogens is 1. The molecule has 0 saturated carbocycles. The number of hydrogen-bond acceptors (Lipinski definition) is 3. The molecule has 0 bridgehead atoms. The SMILES string of the molecule is CCCNc1cc(C)nc(Cc2ccccc2F)n1. The third-order valence-electron chi connectivity index (χ3n) is 2.76. The number of benzene rings is 1. The fourth-order valence-electron chi connectivity index (χ4n) is 1.86. The second kappa shape index (κ2) is 6.27. The van der Waals surface area contributed by atoms with Crippen LogP contribution in [0.4, 0.5) is 10.2 Å². The van der Waals surface area contributed by atoms with Crippen LogP contribution in [-0.2, 0) is 6.42 Å². The number of aryl methyl sites for hydroxylation is 1. The molecule has 2 rings (SSSR count). The number of aromatic nitrogens is 2. The van der Waals surface area contributed by atoms with Gasteiger partial charge in [-0.25, -0.2) is 14.4 Å². The zero-order valence-corrected chi connectivity index (χ0v) is 11.3. The summed E-state index contributed by atoms with van der Waals surface area (Å²) in [6, 6.07) is 8.64. The minimum Gasteiger partial charge on any atom is -0.370 e. The average Bonchev–Trinajstić information content (AvgIpc) is 2.38. The van der Waals surface area contributed by atoms with Crippen molar-refractivity contribution >= 4 is 5.82 Å². The highest BCUT2D eigenvalue weighted by atomic mass is 19.1. The van der Waals surface area contributed by atoms with Gasteiger partial charge in [-0.2, -0.15) is 0 Å². The molecular weight excluding hydrogens is 241 g/mol. The molecule has 0 saturated heterocycles. The zero-order chi connectivity index (χ0) is 13.7. The van der Waals surface area contributed by atoms with E-state index in [0.717, 1.165) is 24.5 Å². The highest BCUT2D eigenvalue weighted by molar-refractivity contribution is 5.36. The lowest BCUT2D eigenvalue weighted by Crippen LogP contribution is -2.07. The van der Waals surface area contributed by atoms with Crippen LogP contribution in [-0.4, -0.2) is 16.5 Å². The van der Waals surface area contributed by atoms with E-state index in [-0.39, 0.29) is 5.82 Å². The number of hydrogen-bond donors (Lipinski definition) is 1. The van der Waals surface area contributed by atoms with Crippen LogP contribution in [0.25, 0.3) is 0 Å². The number of anilines is 1. The molecule has 0 amide bonds. The Kier molecular flexibility index (Phi) is 4.44. The number of rotatable bonds is 5. The van der Waals surface area contributed by atoms with E-state index in [1.165, 1.54) is 6.07 Å². The Hall–Kier alpha value is -1.97. The molecule has 0 spiro atoms. The summed E-state index contributed by atoms with van der Waals surface area (Å²) in [5.74, 6) is 1.24. The molecule has 2 aromatic rings. The standard InChI is InChI=1S/C15H18FN3/c1-3-8-17-14-9-11(2)18-15(19-14)10-12-6-4-5-7-13(12)16/h4-7,9H,3,8,10H2,1-2H3,(H,17,18,19). The van der Waals surface area contributed by atoms with E-state index < -0.39 is 0 Å². The normalized spacial score (nSPS) is 10.5. The third kappa shape index (κ3) is 3.74. The van der Waals surface area contributed by atoms with Crippen LogP contribution < -0.4 is 5.32 Å². The highest BCUT2D eigenvalue weighted by Crippen LogP contribution is 2.13. The van der Waals surface area contributed by atoms with E-state index in [1.54, 1.807) is 12.1 Å².